The minimum Gasteiger partial charge on any atom is -0.372 e. The molecule has 1 saturated heterocycles. The van der Waals surface area contributed by atoms with E-state index in [1.54, 1.807) is 12.1 Å². The Balaban J connectivity index is 1.50. The number of nitrogens with zero attached hydrogens (tertiary/aromatic N) is 1. The number of amides is 1. The summed E-state index contributed by atoms with van der Waals surface area (Å²) in [4.78, 5) is 15.2. The van der Waals surface area contributed by atoms with Gasteiger partial charge in [-0.25, -0.2) is 4.39 Å². The quantitative estimate of drug-likeness (QED) is 0.836. The van der Waals surface area contributed by atoms with Gasteiger partial charge in [0, 0.05) is 29.4 Å². The van der Waals surface area contributed by atoms with Gasteiger partial charge in [0.15, 0.2) is 0 Å². The lowest BCUT2D eigenvalue weighted by atomic mass is 10.2. The molecule has 1 fully saturated rings. The second kappa shape index (κ2) is 7.51. The molecule has 23 heavy (non-hydrogen) atoms. The van der Waals surface area contributed by atoms with Crippen molar-refractivity contribution in [3.8, 4) is 0 Å². The van der Waals surface area contributed by atoms with Crippen LogP contribution in [0.25, 0.3) is 0 Å². The molecule has 0 aliphatic carbocycles. The van der Waals surface area contributed by atoms with E-state index in [2.05, 4.69) is 10.2 Å². The van der Waals surface area contributed by atoms with Crippen LogP contribution >= 0.6 is 11.8 Å². The van der Waals surface area contributed by atoms with Gasteiger partial charge in [-0.3, -0.25) is 4.79 Å². The van der Waals surface area contributed by atoms with E-state index < -0.39 is 0 Å². The molecule has 1 aliphatic heterocycles. The Bertz CT molecular complexity index is 652. The van der Waals surface area contributed by atoms with Gasteiger partial charge in [-0.05, 0) is 61.4 Å². The summed E-state index contributed by atoms with van der Waals surface area (Å²) < 4.78 is 12.8. The van der Waals surface area contributed by atoms with Crippen molar-refractivity contribution in [1.82, 2.24) is 0 Å². The SMILES string of the molecule is O=C(CSc1ccc(F)cc1)Nc1ccc(N2CCCC2)cc1. The van der Waals surface area contributed by atoms with Gasteiger partial charge in [-0.1, -0.05) is 0 Å². The molecule has 120 valence electrons. The lowest BCUT2D eigenvalue weighted by molar-refractivity contribution is -0.113. The molecule has 3 nitrogen and oxygen atoms in total. The van der Waals surface area contributed by atoms with Crippen molar-refractivity contribution in [3.63, 3.8) is 0 Å². The summed E-state index contributed by atoms with van der Waals surface area (Å²) in [7, 11) is 0. The number of carbonyl (C=O) groups is 1. The Kier molecular flexibility index (Phi) is 5.18. The molecular weight excluding hydrogens is 311 g/mol. The van der Waals surface area contributed by atoms with E-state index in [1.165, 1.54) is 42.4 Å². The molecule has 0 spiro atoms. The first-order valence-corrected chi connectivity index (χ1v) is 8.72. The van der Waals surface area contributed by atoms with Crippen LogP contribution in [0.5, 0.6) is 0 Å². The van der Waals surface area contributed by atoms with Gasteiger partial charge in [-0.15, -0.1) is 11.8 Å². The van der Waals surface area contributed by atoms with Gasteiger partial charge in [0.05, 0.1) is 5.75 Å². The Morgan fingerprint density at radius 2 is 1.70 bits per heavy atom. The number of benzene rings is 2. The molecule has 3 rings (SSSR count). The molecular formula is C18H19FN2OS. The molecule has 1 heterocycles. The van der Waals surface area contributed by atoms with Gasteiger partial charge < -0.3 is 10.2 Å². The predicted molar refractivity (Wildman–Crippen MR) is 93.6 cm³/mol. The molecule has 0 radical (unpaired) electrons. The Hall–Kier alpha value is -2.01. The Morgan fingerprint density at radius 1 is 1.04 bits per heavy atom. The van der Waals surface area contributed by atoms with Crippen molar-refractivity contribution in [2.24, 2.45) is 0 Å². The smallest absolute Gasteiger partial charge is 0.234 e. The standard InChI is InChI=1S/C18H19FN2OS/c19-14-3-9-17(10-4-14)23-13-18(22)20-15-5-7-16(8-6-15)21-11-1-2-12-21/h3-10H,1-2,11-13H2,(H,20,22). The summed E-state index contributed by atoms with van der Waals surface area (Å²) in [5, 5.41) is 2.89. The first-order chi connectivity index (χ1) is 11.2. The lowest BCUT2D eigenvalue weighted by Crippen LogP contribution is -2.18. The molecule has 0 saturated carbocycles. The third kappa shape index (κ3) is 4.48. The molecule has 2 aromatic carbocycles. The minimum absolute atomic E-state index is 0.0618. The number of nitrogens with one attached hydrogen (secondary N) is 1. The van der Waals surface area contributed by atoms with E-state index in [9.17, 15) is 9.18 Å². The van der Waals surface area contributed by atoms with E-state index in [4.69, 9.17) is 0 Å². The summed E-state index contributed by atoms with van der Waals surface area (Å²) in [6.07, 6.45) is 2.50. The van der Waals surface area contributed by atoms with Crippen LogP contribution in [-0.4, -0.2) is 24.7 Å². The molecule has 1 aliphatic rings. The molecule has 0 unspecified atom stereocenters. The Labute approximate surface area is 139 Å². The van der Waals surface area contributed by atoms with Crippen LogP contribution in [-0.2, 0) is 4.79 Å². The molecule has 0 atom stereocenters. The summed E-state index contributed by atoms with van der Waals surface area (Å²) in [6.45, 7) is 2.22. The van der Waals surface area contributed by atoms with E-state index in [0.29, 0.717) is 5.75 Å². The molecule has 1 amide bonds. The van der Waals surface area contributed by atoms with E-state index >= 15 is 0 Å². The highest BCUT2D eigenvalue weighted by Crippen LogP contribution is 2.23. The van der Waals surface area contributed by atoms with Crippen LogP contribution in [0, 0.1) is 5.82 Å². The average molecular weight is 330 g/mol. The zero-order valence-corrected chi connectivity index (χ0v) is 13.6. The van der Waals surface area contributed by atoms with Gasteiger partial charge >= 0.3 is 0 Å². The minimum atomic E-state index is -0.267. The van der Waals surface area contributed by atoms with Crippen molar-refractivity contribution in [2.75, 3.05) is 29.1 Å². The third-order valence-corrected chi connectivity index (χ3v) is 4.82. The highest BCUT2D eigenvalue weighted by atomic mass is 32.2. The van der Waals surface area contributed by atoms with Gasteiger partial charge in [0.1, 0.15) is 5.82 Å². The van der Waals surface area contributed by atoms with Crippen LogP contribution in [0.15, 0.2) is 53.4 Å². The van der Waals surface area contributed by atoms with Gasteiger partial charge in [0.2, 0.25) is 5.91 Å². The highest BCUT2D eigenvalue weighted by Gasteiger charge is 2.12. The number of hydrogen-bond donors (Lipinski definition) is 1. The zero-order chi connectivity index (χ0) is 16.1. The summed E-state index contributed by atoms with van der Waals surface area (Å²) in [6, 6.07) is 14.1. The van der Waals surface area contributed by atoms with Gasteiger partial charge in [-0.2, -0.15) is 0 Å². The number of halogens is 1. The predicted octanol–water partition coefficient (Wildman–Crippen LogP) is 4.16. The first kappa shape index (κ1) is 15.9. The number of hydrogen-bond acceptors (Lipinski definition) is 3. The van der Waals surface area contributed by atoms with Crippen molar-refractivity contribution >= 4 is 29.0 Å². The van der Waals surface area contributed by atoms with Gasteiger partial charge in [0.25, 0.3) is 0 Å². The summed E-state index contributed by atoms with van der Waals surface area (Å²) in [5.41, 5.74) is 2.01. The van der Waals surface area contributed by atoms with E-state index in [-0.39, 0.29) is 11.7 Å². The summed E-state index contributed by atoms with van der Waals surface area (Å²) >= 11 is 1.39. The number of thioether (sulfide) groups is 1. The fourth-order valence-electron chi connectivity index (χ4n) is 2.61. The topological polar surface area (TPSA) is 32.3 Å². The monoisotopic (exact) mass is 330 g/mol. The molecule has 0 bridgehead atoms. The summed E-state index contributed by atoms with van der Waals surface area (Å²) in [5.74, 6) is -0.0235. The van der Waals surface area contributed by atoms with E-state index in [1.807, 2.05) is 24.3 Å². The normalized spacial score (nSPS) is 14.0. The molecule has 0 aromatic heterocycles. The number of rotatable bonds is 5. The first-order valence-electron chi connectivity index (χ1n) is 7.74. The Morgan fingerprint density at radius 3 is 2.35 bits per heavy atom. The van der Waals surface area contributed by atoms with Crippen molar-refractivity contribution in [2.45, 2.75) is 17.7 Å². The maximum absolute atomic E-state index is 12.8. The highest BCUT2D eigenvalue weighted by molar-refractivity contribution is 8.00. The molecule has 2 aromatic rings. The van der Waals surface area contributed by atoms with Crippen LogP contribution in [0.4, 0.5) is 15.8 Å². The van der Waals surface area contributed by atoms with Crippen LogP contribution < -0.4 is 10.2 Å². The molecule has 5 heteroatoms. The number of carbonyl (C=O) groups excluding carboxylic acids is 1. The van der Waals surface area contributed by atoms with Crippen molar-refractivity contribution < 1.29 is 9.18 Å². The third-order valence-electron chi connectivity index (χ3n) is 3.81. The largest absolute Gasteiger partial charge is 0.372 e. The van der Waals surface area contributed by atoms with Crippen molar-refractivity contribution in [1.29, 1.82) is 0 Å². The van der Waals surface area contributed by atoms with E-state index in [0.717, 1.165) is 23.7 Å². The number of anilines is 2. The maximum Gasteiger partial charge on any atom is 0.234 e. The molecule has 1 N–H and O–H groups in total. The fraction of sp³-hybridized carbons (Fsp3) is 0.278. The second-order valence-electron chi connectivity index (χ2n) is 5.53. The van der Waals surface area contributed by atoms with Crippen molar-refractivity contribution in [3.05, 3.63) is 54.3 Å². The van der Waals surface area contributed by atoms with Crippen LogP contribution in [0.2, 0.25) is 0 Å². The van der Waals surface area contributed by atoms with Crippen LogP contribution in [0.1, 0.15) is 12.8 Å². The zero-order valence-electron chi connectivity index (χ0n) is 12.8. The maximum atomic E-state index is 12.8. The lowest BCUT2D eigenvalue weighted by Gasteiger charge is -2.17. The second-order valence-corrected chi connectivity index (χ2v) is 6.58. The fourth-order valence-corrected chi connectivity index (χ4v) is 3.31. The van der Waals surface area contributed by atoms with Crippen LogP contribution in [0.3, 0.4) is 0 Å². The average Bonchev–Trinajstić information content (AvgIpc) is 3.09.